The Morgan fingerprint density at radius 2 is 2.41 bits per heavy atom. The van der Waals surface area contributed by atoms with E-state index in [4.69, 9.17) is 0 Å². The van der Waals surface area contributed by atoms with Gasteiger partial charge in [0.25, 0.3) is 5.91 Å². The Hall–Kier alpha value is -1.14. The van der Waals surface area contributed by atoms with E-state index in [1.54, 1.807) is 40.4 Å². The van der Waals surface area contributed by atoms with Gasteiger partial charge in [-0.2, -0.15) is 0 Å². The Kier molecular flexibility index (Phi) is 3.63. The lowest BCUT2D eigenvalue weighted by molar-refractivity contribution is 0.0776. The van der Waals surface area contributed by atoms with E-state index in [1.807, 2.05) is 18.5 Å². The van der Waals surface area contributed by atoms with Gasteiger partial charge >= 0.3 is 0 Å². The molecule has 2 rings (SSSR count). The molecule has 90 valence electrons. The first kappa shape index (κ1) is 12.3. The number of thiophene rings is 1. The molecule has 0 unspecified atom stereocenters. The fourth-order valence-electron chi connectivity index (χ4n) is 1.53. The maximum Gasteiger partial charge on any atom is 0.272 e. The summed E-state index contributed by atoms with van der Waals surface area (Å²) in [4.78, 5) is 17.7. The van der Waals surface area contributed by atoms with Gasteiger partial charge in [-0.1, -0.05) is 0 Å². The van der Waals surface area contributed by atoms with Crippen LogP contribution in [0.5, 0.6) is 0 Å². The van der Waals surface area contributed by atoms with Crippen molar-refractivity contribution >= 4 is 33.2 Å². The minimum absolute atomic E-state index is 0.0210. The van der Waals surface area contributed by atoms with Crippen molar-refractivity contribution in [1.29, 1.82) is 0 Å². The van der Waals surface area contributed by atoms with E-state index in [-0.39, 0.29) is 5.91 Å². The first-order valence-corrected chi connectivity index (χ1v) is 6.70. The molecule has 0 spiro atoms. The zero-order valence-electron chi connectivity index (χ0n) is 9.55. The lowest BCUT2D eigenvalue weighted by atomic mass is 10.3. The summed E-state index contributed by atoms with van der Waals surface area (Å²) in [5.74, 6) is -0.0210. The molecule has 6 heteroatoms. The predicted octanol–water partition coefficient (Wildman–Crippen LogP) is 2.52. The number of nitrogens with zero attached hydrogens (tertiary/aromatic N) is 3. The van der Waals surface area contributed by atoms with Gasteiger partial charge in [-0.15, -0.1) is 11.3 Å². The number of hydrogen-bond donors (Lipinski definition) is 0. The molecule has 0 N–H and O–H groups in total. The maximum absolute atomic E-state index is 12.1. The number of halogens is 1. The topological polar surface area (TPSA) is 38.1 Å². The van der Waals surface area contributed by atoms with Crippen LogP contribution in [0.1, 0.15) is 16.1 Å². The molecule has 0 radical (unpaired) electrons. The summed E-state index contributed by atoms with van der Waals surface area (Å²) >= 11 is 5.03. The molecule has 0 aromatic carbocycles. The molecule has 0 bridgehead atoms. The molecule has 2 heterocycles. The quantitative estimate of drug-likeness (QED) is 0.873. The maximum atomic E-state index is 12.1. The van der Waals surface area contributed by atoms with E-state index >= 15 is 0 Å². The van der Waals surface area contributed by atoms with E-state index in [0.717, 1.165) is 9.35 Å². The lowest BCUT2D eigenvalue weighted by Gasteiger charge is -2.16. The molecule has 0 saturated heterocycles. The number of carbonyl (C=O) groups is 1. The lowest BCUT2D eigenvalue weighted by Crippen LogP contribution is -2.27. The average molecular weight is 314 g/mol. The second-order valence-electron chi connectivity index (χ2n) is 3.81. The van der Waals surface area contributed by atoms with Crippen molar-refractivity contribution in [2.45, 2.75) is 6.54 Å². The number of carbonyl (C=O) groups excluding carboxylic acids is 1. The summed E-state index contributed by atoms with van der Waals surface area (Å²) in [5, 5.41) is 2.04. The van der Waals surface area contributed by atoms with E-state index < -0.39 is 0 Å². The van der Waals surface area contributed by atoms with Crippen molar-refractivity contribution in [2.75, 3.05) is 7.05 Å². The van der Waals surface area contributed by atoms with E-state index in [1.165, 1.54) is 0 Å². The van der Waals surface area contributed by atoms with Crippen LogP contribution >= 0.6 is 27.3 Å². The zero-order valence-corrected chi connectivity index (χ0v) is 12.0. The fourth-order valence-corrected chi connectivity index (χ4v) is 2.73. The summed E-state index contributed by atoms with van der Waals surface area (Å²) < 4.78 is 2.80. The molecule has 4 nitrogen and oxygen atoms in total. The molecule has 0 atom stereocenters. The third-order valence-electron chi connectivity index (χ3n) is 2.42. The molecular weight excluding hydrogens is 302 g/mol. The molecule has 0 fully saturated rings. The van der Waals surface area contributed by atoms with Gasteiger partial charge in [0.1, 0.15) is 5.69 Å². The van der Waals surface area contributed by atoms with Gasteiger partial charge in [-0.05, 0) is 32.9 Å². The predicted molar refractivity (Wildman–Crippen MR) is 71.0 cm³/mol. The van der Waals surface area contributed by atoms with Crippen LogP contribution in [0.15, 0.2) is 27.8 Å². The van der Waals surface area contributed by atoms with Crippen LogP contribution in [-0.2, 0) is 13.6 Å². The van der Waals surface area contributed by atoms with Crippen LogP contribution in [0.4, 0.5) is 0 Å². The number of aromatic nitrogens is 2. The molecular formula is C11H12BrN3OS. The van der Waals surface area contributed by atoms with Crippen LogP contribution in [0.25, 0.3) is 0 Å². The highest BCUT2D eigenvalue weighted by atomic mass is 79.9. The number of rotatable bonds is 3. The molecule has 0 aliphatic heterocycles. The van der Waals surface area contributed by atoms with Crippen molar-refractivity contribution in [2.24, 2.45) is 7.05 Å². The Morgan fingerprint density at radius 1 is 1.65 bits per heavy atom. The molecule has 17 heavy (non-hydrogen) atoms. The van der Waals surface area contributed by atoms with Gasteiger partial charge in [-0.25, -0.2) is 4.98 Å². The van der Waals surface area contributed by atoms with Crippen LogP contribution < -0.4 is 0 Å². The number of aryl methyl sites for hydroxylation is 1. The standard InChI is InChI=1S/C11H12BrN3OS/c1-14(5-8-3-10(12)17-6-8)11(16)9-4-13-7-15(9)2/h3-4,6-7H,5H2,1-2H3. The van der Waals surface area contributed by atoms with Crippen molar-refractivity contribution in [3.05, 3.63) is 39.0 Å². The highest BCUT2D eigenvalue weighted by Gasteiger charge is 2.15. The van der Waals surface area contributed by atoms with Crippen molar-refractivity contribution in [1.82, 2.24) is 14.5 Å². The fraction of sp³-hybridized carbons (Fsp3) is 0.273. The van der Waals surface area contributed by atoms with Gasteiger partial charge in [0.05, 0.1) is 16.3 Å². The largest absolute Gasteiger partial charge is 0.336 e. The summed E-state index contributed by atoms with van der Waals surface area (Å²) in [5.41, 5.74) is 1.72. The summed E-state index contributed by atoms with van der Waals surface area (Å²) in [6.45, 7) is 0.603. The second kappa shape index (κ2) is 5.01. The minimum Gasteiger partial charge on any atom is -0.336 e. The van der Waals surface area contributed by atoms with Crippen molar-refractivity contribution < 1.29 is 4.79 Å². The van der Waals surface area contributed by atoms with Crippen molar-refractivity contribution in [3.63, 3.8) is 0 Å². The zero-order chi connectivity index (χ0) is 12.4. The van der Waals surface area contributed by atoms with Crippen LogP contribution in [0, 0.1) is 0 Å². The molecule has 0 aliphatic carbocycles. The first-order chi connectivity index (χ1) is 8.08. The highest BCUT2D eigenvalue weighted by molar-refractivity contribution is 9.11. The Bertz CT molecular complexity index is 534. The van der Waals surface area contributed by atoms with Crippen LogP contribution in [0.3, 0.4) is 0 Å². The first-order valence-electron chi connectivity index (χ1n) is 5.02. The van der Waals surface area contributed by atoms with E-state index in [9.17, 15) is 4.79 Å². The summed E-state index contributed by atoms with van der Waals surface area (Å²) in [7, 11) is 3.61. The Labute approximate surface area is 112 Å². The summed E-state index contributed by atoms with van der Waals surface area (Å²) in [6.07, 6.45) is 3.21. The van der Waals surface area contributed by atoms with Crippen molar-refractivity contribution in [3.8, 4) is 0 Å². The van der Waals surface area contributed by atoms with Crippen LogP contribution in [-0.4, -0.2) is 27.4 Å². The van der Waals surface area contributed by atoms with Gasteiger partial charge in [0, 0.05) is 20.6 Å². The number of hydrogen-bond acceptors (Lipinski definition) is 3. The van der Waals surface area contributed by atoms with Crippen LogP contribution in [0.2, 0.25) is 0 Å². The third-order valence-corrected chi connectivity index (χ3v) is 3.98. The highest BCUT2D eigenvalue weighted by Crippen LogP contribution is 2.21. The minimum atomic E-state index is -0.0210. The second-order valence-corrected chi connectivity index (χ2v) is 6.10. The summed E-state index contributed by atoms with van der Waals surface area (Å²) in [6, 6.07) is 2.03. The third kappa shape index (κ3) is 2.76. The Balaban J connectivity index is 2.08. The SMILES string of the molecule is CN(Cc1csc(Br)c1)C(=O)c1cncn1C. The van der Waals surface area contributed by atoms with Gasteiger partial charge < -0.3 is 9.47 Å². The number of imidazole rings is 1. The number of amides is 1. The van der Waals surface area contributed by atoms with E-state index in [2.05, 4.69) is 20.9 Å². The van der Waals surface area contributed by atoms with Gasteiger partial charge in [-0.3, -0.25) is 4.79 Å². The molecule has 1 amide bonds. The van der Waals surface area contributed by atoms with E-state index in [0.29, 0.717) is 12.2 Å². The van der Waals surface area contributed by atoms with Gasteiger partial charge in [0.2, 0.25) is 0 Å². The average Bonchev–Trinajstić information content (AvgIpc) is 2.86. The monoisotopic (exact) mass is 313 g/mol. The molecule has 0 aliphatic rings. The smallest absolute Gasteiger partial charge is 0.272 e. The Morgan fingerprint density at radius 3 is 2.94 bits per heavy atom. The van der Waals surface area contributed by atoms with Gasteiger partial charge in [0.15, 0.2) is 0 Å². The normalized spacial score (nSPS) is 10.5. The molecule has 2 aromatic heterocycles. The molecule has 2 aromatic rings. The molecule has 0 saturated carbocycles.